The Hall–Kier alpha value is -1.77. The van der Waals surface area contributed by atoms with Crippen LogP contribution in [0.3, 0.4) is 0 Å². The van der Waals surface area contributed by atoms with Gasteiger partial charge >= 0.3 is 0 Å². The zero-order chi connectivity index (χ0) is 12.4. The van der Waals surface area contributed by atoms with Crippen LogP contribution in [0.15, 0.2) is 18.2 Å². The van der Waals surface area contributed by atoms with E-state index >= 15 is 0 Å². The predicted octanol–water partition coefficient (Wildman–Crippen LogP) is 2.62. The number of methoxy groups -OCH3 is 2. The van der Waals surface area contributed by atoms with Crippen LogP contribution in [0, 0.1) is 0 Å². The summed E-state index contributed by atoms with van der Waals surface area (Å²) < 4.78 is 10.5. The number of rotatable bonds is 3. The van der Waals surface area contributed by atoms with Crippen LogP contribution in [0.5, 0.6) is 11.5 Å². The van der Waals surface area contributed by atoms with Gasteiger partial charge in [0.1, 0.15) is 0 Å². The second kappa shape index (κ2) is 4.62. The molecule has 0 aliphatic heterocycles. The molecule has 0 heterocycles. The molecule has 0 atom stereocenters. The van der Waals surface area contributed by atoms with E-state index in [0.717, 1.165) is 23.1 Å². The average Bonchev–Trinajstić information content (AvgIpc) is 2.35. The summed E-state index contributed by atoms with van der Waals surface area (Å²) in [4.78, 5) is 11.6. The van der Waals surface area contributed by atoms with Gasteiger partial charge in [-0.1, -0.05) is 6.92 Å². The molecule has 0 unspecified atom stereocenters. The lowest BCUT2D eigenvalue weighted by molar-refractivity contribution is -0.114. The zero-order valence-electron chi connectivity index (χ0n) is 10.4. The summed E-state index contributed by atoms with van der Waals surface area (Å²) in [6.45, 7) is 2.05. The number of hydrogen-bond donors (Lipinski definition) is 0. The van der Waals surface area contributed by atoms with Crippen LogP contribution in [0.1, 0.15) is 24.5 Å². The molecule has 0 saturated heterocycles. The van der Waals surface area contributed by atoms with E-state index in [-0.39, 0.29) is 5.78 Å². The van der Waals surface area contributed by atoms with Gasteiger partial charge in [0, 0.05) is 6.42 Å². The maximum atomic E-state index is 11.6. The van der Waals surface area contributed by atoms with E-state index in [1.165, 1.54) is 0 Å². The summed E-state index contributed by atoms with van der Waals surface area (Å²) in [6.07, 6.45) is 3.02. The van der Waals surface area contributed by atoms with E-state index < -0.39 is 0 Å². The number of hydrogen-bond acceptors (Lipinski definition) is 3. The summed E-state index contributed by atoms with van der Waals surface area (Å²) in [5, 5.41) is 0. The molecule has 0 spiro atoms. The molecule has 0 saturated carbocycles. The highest BCUT2D eigenvalue weighted by Gasteiger charge is 2.19. The molecule has 1 aromatic rings. The Kier molecular flexibility index (Phi) is 3.18. The fourth-order valence-corrected chi connectivity index (χ4v) is 2.17. The minimum Gasteiger partial charge on any atom is -0.493 e. The second-order valence-electron chi connectivity index (χ2n) is 4.03. The molecule has 3 heteroatoms. The average molecular weight is 232 g/mol. The first-order valence-electron chi connectivity index (χ1n) is 5.68. The Morgan fingerprint density at radius 1 is 1.18 bits per heavy atom. The third-order valence-corrected chi connectivity index (χ3v) is 3.04. The number of ether oxygens (including phenoxy) is 2. The van der Waals surface area contributed by atoms with Crippen molar-refractivity contribution in [3.8, 4) is 11.5 Å². The van der Waals surface area contributed by atoms with Gasteiger partial charge < -0.3 is 9.47 Å². The minimum absolute atomic E-state index is 0.154. The van der Waals surface area contributed by atoms with Crippen LogP contribution in [-0.4, -0.2) is 20.0 Å². The Morgan fingerprint density at radius 3 is 2.41 bits per heavy atom. The van der Waals surface area contributed by atoms with Crippen molar-refractivity contribution in [2.75, 3.05) is 14.2 Å². The van der Waals surface area contributed by atoms with Crippen molar-refractivity contribution in [2.45, 2.75) is 19.8 Å². The van der Waals surface area contributed by atoms with E-state index in [1.54, 1.807) is 20.3 Å². The highest BCUT2D eigenvalue weighted by atomic mass is 16.5. The fourth-order valence-electron chi connectivity index (χ4n) is 2.17. The van der Waals surface area contributed by atoms with Crippen molar-refractivity contribution < 1.29 is 14.3 Å². The van der Waals surface area contributed by atoms with Crippen LogP contribution in [0.25, 0.3) is 5.57 Å². The van der Waals surface area contributed by atoms with E-state index in [4.69, 9.17) is 9.47 Å². The van der Waals surface area contributed by atoms with Crippen molar-refractivity contribution >= 4 is 11.4 Å². The van der Waals surface area contributed by atoms with E-state index in [2.05, 4.69) is 0 Å². The van der Waals surface area contributed by atoms with Gasteiger partial charge in [-0.15, -0.1) is 0 Å². The number of fused-ring (bicyclic) bond motifs is 1. The summed E-state index contributed by atoms with van der Waals surface area (Å²) in [5.41, 5.74) is 3.19. The van der Waals surface area contributed by atoms with E-state index in [9.17, 15) is 4.79 Å². The third-order valence-electron chi connectivity index (χ3n) is 3.04. The number of allylic oxidation sites excluding steroid dienone is 2. The van der Waals surface area contributed by atoms with Crippen LogP contribution in [0.4, 0.5) is 0 Å². The molecule has 3 nitrogen and oxygen atoms in total. The highest BCUT2D eigenvalue weighted by Crippen LogP contribution is 2.36. The van der Waals surface area contributed by atoms with Crippen molar-refractivity contribution in [1.82, 2.24) is 0 Å². The monoisotopic (exact) mass is 232 g/mol. The summed E-state index contributed by atoms with van der Waals surface area (Å²) in [5.74, 6) is 1.54. The summed E-state index contributed by atoms with van der Waals surface area (Å²) in [6, 6.07) is 3.85. The molecule has 17 heavy (non-hydrogen) atoms. The van der Waals surface area contributed by atoms with Gasteiger partial charge in [-0.3, -0.25) is 4.79 Å². The normalized spacial score (nSPS) is 14.1. The van der Waals surface area contributed by atoms with Crippen LogP contribution >= 0.6 is 0 Å². The van der Waals surface area contributed by atoms with E-state index in [0.29, 0.717) is 17.9 Å². The second-order valence-corrected chi connectivity index (χ2v) is 4.03. The molecule has 2 rings (SSSR count). The summed E-state index contributed by atoms with van der Waals surface area (Å²) in [7, 11) is 3.22. The zero-order valence-corrected chi connectivity index (χ0v) is 10.4. The number of benzene rings is 1. The van der Waals surface area contributed by atoms with Crippen molar-refractivity contribution in [3.05, 3.63) is 29.3 Å². The maximum absolute atomic E-state index is 11.6. The lowest BCUT2D eigenvalue weighted by Gasteiger charge is -2.19. The maximum Gasteiger partial charge on any atom is 0.161 e. The first-order chi connectivity index (χ1) is 8.19. The van der Waals surface area contributed by atoms with Gasteiger partial charge in [0.05, 0.1) is 14.2 Å². The molecule has 0 amide bonds. The highest BCUT2D eigenvalue weighted by molar-refractivity contribution is 6.02. The molecule has 1 aliphatic rings. The van der Waals surface area contributed by atoms with Gasteiger partial charge in [0.15, 0.2) is 17.3 Å². The first-order valence-corrected chi connectivity index (χ1v) is 5.68. The van der Waals surface area contributed by atoms with Gasteiger partial charge in [0.2, 0.25) is 0 Å². The lowest BCUT2D eigenvalue weighted by atomic mass is 9.88. The smallest absolute Gasteiger partial charge is 0.161 e. The predicted molar refractivity (Wildman–Crippen MR) is 66.5 cm³/mol. The standard InChI is InChI=1S/C14H16O3/c1-4-9-5-11(15)6-10-7-13(16-2)14(17-3)8-12(9)10/h5,7-8H,4,6H2,1-3H3. The quantitative estimate of drug-likeness (QED) is 0.803. The number of carbonyl (C=O) groups is 1. The first kappa shape index (κ1) is 11.7. The molecular weight excluding hydrogens is 216 g/mol. The van der Waals surface area contributed by atoms with Crippen molar-refractivity contribution in [1.29, 1.82) is 0 Å². The lowest BCUT2D eigenvalue weighted by Crippen LogP contribution is -2.09. The molecule has 0 aromatic heterocycles. The van der Waals surface area contributed by atoms with Crippen LogP contribution in [-0.2, 0) is 11.2 Å². The SMILES string of the molecule is CCC1=CC(=O)Cc2cc(OC)c(OC)cc21. The molecule has 1 aliphatic carbocycles. The Labute approximate surface area is 101 Å². The molecule has 90 valence electrons. The van der Waals surface area contributed by atoms with Gasteiger partial charge in [-0.05, 0) is 41.3 Å². The third kappa shape index (κ3) is 2.05. The molecule has 0 N–H and O–H groups in total. The Morgan fingerprint density at radius 2 is 1.82 bits per heavy atom. The molecule has 0 bridgehead atoms. The van der Waals surface area contributed by atoms with Gasteiger partial charge in [-0.2, -0.15) is 0 Å². The van der Waals surface area contributed by atoms with E-state index in [1.807, 2.05) is 19.1 Å². The Bertz CT molecular complexity index is 486. The topological polar surface area (TPSA) is 35.5 Å². The van der Waals surface area contributed by atoms with Gasteiger partial charge in [-0.25, -0.2) is 0 Å². The molecule has 0 radical (unpaired) electrons. The van der Waals surface area contributed by atoms with Crippen molar-refractivity contribution in [3.63, 3.8) is 0 Å². The fraction of sp³-hybridized carbons (Fsp3) is 0.357. The largest absolute Gasteiger partial charge is 0.493 e. The number of carbonyl (C=O) groups excluding carboxylic acids is 1. The number of ketones is 1. The molecule has 0 fully saturated rings. The van der Waals surface area contributed by atoms with Gasteiger partial charge in [0.25, 0.3) is 0 Å². The van der Waals surface area contributed by atoms with Crippen molar-refractivity contribution in [2.24, 2.45) is 0 Å². The molecular formula is C14H16O3. The minimum atomic E-state index is 0.154. The van der Waals surface area contributed by atoms with Crippen LogP contribution in [0.2, 0.25) is 0 Å². The van der Waals surface area contributed by atoms with Crippen LogP contribution < -0.4 is 9.47 Å². The molecule has 1 aromatic carbocycles. The Balaban J connectivity index is 2.58. The summed E-state index contributed by atoms with van der Waals surface area (Å²) >= 11 is 0.